The Kier molecular flexibility index (Phi) is 6.27. The minimum absolute atomic E-state index is 0.0412. The second-order valence-corrected chi connectivity index (χ2v) is 7.12. The van der Waals surface area contributed by atoms with Crippen LogP contribution in [0.25, 0.3) is 0 Å². The fraction of sp³-hybridized carbons (Fsp3) is 0.190. The summed E-state index contributed by atoms with van der Waals surface area (Å²) < 4.78 is 14.2. The lowest BCUT2D eigenvalue weighted by Gasteiger charge is -2.06. The summed E-state index contributed by atoms with van der Waals surface area (Å²) in [5.74, 6) is -1.72. The molecule has 0 bridgehead atoms. The number of hydrogen-bond donors (Lipinski definition) is 1. The normalized spacial score (nSPS) is 10.9. The van der Waals surface area contributed by atoms with Crippen LogP contribution in [-0.2, 0) is 12.8 Å². The second-order valence-electron chi connectivity index (χ2n) is 6.31. The fourth-order valence-corrected chi connectivity index (χ4v) is 3.32. The van der Waals surface area contributed by atoms with Crippen molar-refractivity contribution < 1.29 is 14.0 Å². The van der Waals surface area contributed by atoms with Gasteiger partial charge in [-0.3, -0.25) is 14.6 Å². The lowest BCUT2D eigenvalue weighted by Crippen LogP contribution is -2.08. The molecular formula is C21H17Cl2FN2O2. The molecule has 144 valence electrons. The summed E-state index contributed by atoms with van der Waals surface area (Å²) in [7, 11) is 0. The molecule has 0 amide bonds. The number of nitrogens with one attached hydrogen (secondary N) is 1. The number of carbonyl (C=O) groups is 2. The largest absolute Gasteiger partial charge is 0.358 e. The molecule has 0 aliphatic carbocycles. The highest BCUT2D eigenvalue weighted by atomic mass is 35.5. The van der Waals surface area contributed by atoms with Crippen LogP contribution in [0.15, 0.2) is 42.7 Å². The zero-order valence-electron chi connectivity index (χ0n) is 15.1. The van der Waals surface area contributed by atoms with Gasteiger partial charge in [0.25, 0.3) is 0 Å². The molecule has 0 saturated carbocycles. The molecule has 0 aliphatic rings. The van der Waals surface area contributed by atoms with E-state index in [1.54, 1.807) is 12.3 Å². The van der Waals surface area contributed by atoms with E-state index >= 15 is 0 Å². The first-order chi connectivity index (χ1) is 13.4. The van der Waals surface area contributed by atoms with Crippen molar-refractivity contribution >= 4 is 34.8 Å². The van der Waals surface area contributed by atoms with Gasteiger partial charge in [0.2, 0.25) is 0 Å². The standard InChI is InChI=1S/C21H17Cl2FN2O2/c1-2-4-16-12(5-3-8-25-16)10-18(27)17-9-13(11-26-17)21(28)19-14(22)6-7-15(23)20(19)24/h3,5-9,11,26H,2,4,10H2,1H3. The molecule has 0 spiro atoms. The van der Waals surface area contributed by atoms with Gasteiger partial charge in [-0.2, -0.15) is 0 Å². The number of rotatable bonds is 7. The van der Waals surface area contributed by atoms with E-state index in [4.69, 9.17) is 23.2 Å². The highest BCUT2D eigenvalue weighted by molar-refractivity contribution is 6.37. The summed E-state index contributed by atoms with van der Waals surface area (Å²) in [6, 6.07) is 7.69. The topological polar surface area (TPSA) is 62.8 Å². The van der Waals surface area contributed by atoms with Crippen LogP contribution >= 0.6 is 23.2 Å². The Balaban J connectivity index is 1.84. The van der Waals surface area contributed by atoms with Gasteiger partial charge in [0.1, 0.15) is 0 Å². The second kappa shape index (κ2) is 8.67. The van der Waals surface area contributed by atoms with Crippen molar-refractivity contribution in [2.24, 2.45) is 0 Å². The third-order valence-electron chi connectivity index (χ3n) is 4.34. The number of aromatic nitrogens is 2. The molecule has 0 radical (unpaired) electrons. The highest BCUT2D eigenvalue weighted by Crippen LogP contribution is 2.28. The first-order valence-electron chi connectivity index (χ1n) is 8.75. The number of benzene rings is 1. The van der Waals surface area contributed by atoms with E-state index in [1.807, 2.05) is 13.0 Å². The van der Waals surface area contributed by atoms with Gasteiger partial charge < -0.3 is 4.98 Å². The Hall–Kier alpha value is -2.50. The van der Waals surface area contributed by atoms with Crippen LogP contribution in [0.3, 0.4) is 0 Å². The third-order valence-corrected chi connectivity index (χ3v) is 4.95. The number of aryl methyl sites for hydroxylation is 1. The van der Waals surface area contributed by atoms with Crippen molar-refractivity contribution in [2.45, 2.75) is 26.2 Å². The van der Waals surface area contributed by atoms with E-state index in [9.17, 15) is 14.0 Å². The van der Waals surface area contributed by atoms with Crippen molar-refractivity contribution in [1.82, 2.24) is 9.97 Å². The van der Waals surface area contributed by atoms with Gasteiger partial charge in [-0.05, 0) is 36.2 Å². The molecule has 0 aliphatic heterocycles. The predicted octanol–water partition coefficient (Wildman–Crippen LogP) is 5.46. The van der Waals surface area contributed by atoms with Crippen molar-refractivity contribution in [2.75, 3.05) is 0 Å². The Bertz CT molecular complexity index is 1050. The Morgan fingerprint density at radius 3 is 2.68 bits per heavy atom. The van der Waals surface area contributed by atoms with Crippen LogP contribution in [0.1, 0.15) is 51.0 Å². The first kappa shape index (κ1) is 20.2. The van der Waals surface area contributed by atoms with Crippen LogP contribution < -0.4 is 0 Å². The predicted molar refractivity (Wildman–Crippen MR) is 107 cm³/mol. The van der Waals surface area contributed by atoms with E-state index in [0.717, 1.165) is 24.1 Å². The maximum absolute atomic E-state index is 14.2. The Labute approximate surface area is 171 Å². The van der Waals surface area contributed by atoms with Crippen LogP contribution in [0.2, 0.25) is 10.0 Å². The molecule has 1 aromatic carbocycles. The summed E-state index contributed by atoms with van der Waals surface area (Å²) in [6.45, 7) is 2.04. The van der Waals surface area contributed by atoms with E-state index in [2.05, 4.69) is 9.97 Å². The van der Waals surface area contributed by atoms with Gasteiger partial charge in [0, 0.05) is 30.1 Å². The van der Waals surface area contributed by atoms with E-state index in [-0.39, 0.29) is 39.1 Å². The number of hydrogen-bond acceptors (Lipinski definition) is 3. The zero-order valence-corrected chi connectivity index (χ0v) is 16.6. The average molecular weight is 419 g/mol. The minimum atomic E-state index is -0.882. The summed E-state index contributed by atoms with van der Waals surface area (Å²) in [4.78, 5) is 32.4. The molecule has 0 unspecified atom stereocenters. The monoisotopic (exact) mass is 418 g/mol. The molecule has 0 atom stereocenters. The maximum atomic E-state index is 14.2. The first-order valence-corrected chi connectivity index (χ1v) is 9.50. The molecule has 0 saturated heterocycles. The number of aromatic amines is 1. The van der Waals surface area contributed by atoms with Crippen LogP contribution in [0.4, 0.5) is 4.39 Å². The highest BCUT2D eigenvalue weighted by Gasteiger charge is 2.22. The summed E-state index contributed by atoms with van der Waals surface area (Å²) in [6.07, 6.45) is 4.93. The number of nitrogens with zero attached hydrogens (tertiary/aromatic N) is 1. The number of halogens is 3. The fourth-order valence-electron chi connectivity index (χ4n) is 2.93. The van der Waals surface area contributed by atoms with Gasteiger partial charge in [-0.25, -0.2) is 4.39 Å². The number of carbonyl (C=O) groups excluding carboxylic acids is 2. The van der Waals surface area contributed by atoms with E-state index < -0.39 is 11.6 Å². The third kappa shape index (κ3) is 4.16. The molecule has 3 aromatic rings. The van der Waals surface area contributed by atoms with Gasteiger partial charge in [0.05, 0.1) is 21.3 Å². The lowest BCUT2D eigenvalue weighted by atomic mass is 10.0. The number of Topliss-reactive ketones (excluding diaryl/α,β-unsaturated/α-hetero) is 1. The molecule has 4 nitrogen and oxygen atoms in total. The van der Waals surface area contributed by atoms with Gasteiger partial charge in [-0.15, -0.1) is 0 Å². The molecule has 3 rings (SSSR count). The average Bonchev–Trinajstić information content (AvgIpc) is 3.17. The minimum Gasteiger partial charge on any atom is -0.358 e. The maximum Gasteiger partial charge on any atom is 0.199 e. The lowest BCUT2D eigenvalue weighted by molar-refractivity contribution is 0.0988. The van der Waals surface area contributed by atoms with E-state index in [1.165, 1.54) is 24.4 Å². The molecule has 0 fully saturated rings. The number of ketones is 2. The van der Waals surface area contributed by atoms with Crippen molar-refractivity contribution in [3.05, 3.63) is 86.7 Å². The quantitative estimate of drug-likeness (QED) is 0.408. The van der Waals surface area contributed by atoms with Crippen molar-refractivity contribution in [3.63, 3.8) is 0 Å². The molecule has 2 aromatic heterocycles. The van der Waals surface area contributed by atoms with Crippen LogP contribution in [0.5, 0.6) is 0 Å². The molecule has 2 heterocycles. The molecule has 7 heteroatoms. The van der Waals surface area contributed by atoms with Crippen molar-refractivity contribution in [1.29, 1.82) is 0 Å². The van der Waals surface area contributed by atoms with Crippen molar-refractivity contribution in [3.8, 4) is 0 Å². The smallest absolute Gasteiger partial charge is 0.199 e. The summed E-state index contributed by atoms with van der Waals surface area (Å²) >= 11 is 11.7. The summed E-state index contributed by atoms with van der Waals surface area (Å²) in [5.41, 5.74) is 1.80. The van der Waals surface area contributed by atoms with Gasteiger partial charge >= 0.3 is 0 Å². The Morgan fingerprint density at radius 1 is 1.18 bits per heavy atom. The molecule has 28 heavy (non-hydrogen) atoms. The SMILES string of the molecule is CCCc1ncccc1CC(=O)c1cc(C(=O)c2c(Cl)ccc(Cl)c2F)c[nH]1. The zero-order chi connectivity index (χ0) is 20.3. The number of H-pyrrole nitrogens is 1. The Morgan fingerprint density at radius 2 is 1.93 bits per heavy atom. The van der Waals surface area contributed by atoms with E-state index in [0.29, 0.717) is 0 Å². The molecule has 1 N–H and O–H groups in total. The van der Waals surface area contributed by atoms with Gasteiger partial charge in [0.15, 0.2) is 17.4 Å². The van der Waals surface area contributed by atoms with Crippen LogP contribution in [0, 0.1) is 5.82 Å². The van der Waals surface area contributed by atoms with Gasteiger partial charge in [-0.1, -0.05) is 42.6 Å². The number of pyridine rings is 1. The molecular weight excluding hydrogens is 402 g/mol. The summed E-state index contributed by atoms with van der Waals surface area (Å²) in [5, 5.41) is -0.236. The van der Waals surface area contributed by atoms with Crippen LogP contribution in [-0.4, -0.2) is 21.5 Å².